The number of aryl methyl sites for hydroxylation is 1. The van der Waals surface area contributed by atoms with Gasteiger partial charge in [-0.15, -0.1) is 11.3 Å². The molecule has 1 aromatic carbocycles. The van der Waals surface area contributed by atoms with Crippen LogP contribution in [0.15, 0.2) is 59.2 Å². The fourth-order valence-corrected chi connectivity index (χ4v) is 3.75. The van der Waals surface area contributed by atoms with Crippen molar-refractivity contribution in [3.63, 3.8) is 0 Å². The third-order valence-electron chi connectivity index (χ3n) is 4.67. The number of amides is 2. The molecule has 8 heteroatoms. The number of esters is 1. The van der Waals surface area contributed by atoms with Crippen LogP contribution in [0, 0.1) is 6.92 Å². The number of anilines is 1. The molecule has 1 N–H and O–H groups in total. The van der Waals surface area contributed by atoms with Crippen LogP contribution < -0.4 is 5.32 Å². The molecule has 0 saturated carbocycles. The summed E-state index contributed by atoms with van der Waals surface area (Å²) in [6.45, 7) is 3.28. The number of nitrogens with zero attached hydrogens (tertiary/aromatic N) is 1. The summed E-state index contributed by atoms with van der Waals surface area (Å²) in [7, 11) is 1.67. The Kier molecular flexibility index (Phi) is 6.68. The molecule has 156 valence electrons. The number of likely N-dealkylation sites (N-methyl/N-ethyl adjacent to an activating group) is 1. The van der Waals surface area contributed by atoms with E-state index in [1.807, 2.05) is 37.3 Å². The number of thiophene rings is 1. The van der Waals surface area contributed by atoms with Crippen molar-refractivity contribution in [3.8, 4) is 0 Å². The van der Waals surface area contributed by atoms with Gasteiger partial charge < -0.3 is 19.4 Å². The smallest absolute Gasteiger partial charge is 0.349 e. The topological polar surface area (TPSA) is 88.9 Å². The van der Waals surface area contributed by atoms with Crippen LogP contribution in [0.1, 0.15) is 44.3 Å². The molecule has 2 aromatic heterocycles. The van der Waals surface area contributed by atoms with E-state index in [0.29, 0.717) is 15.4 Å². The van der Waals surface area contributed by atoms with Gasteiger partial charge in [-0.25, -0.2) is 4.79 Å². The van der Waals surface area contributed by atoms with Crippen molar-refractivity contribution in [2.24, 2.45) is 0 Å². The highest BCUT2D eigenvalue weighted by Crippen LogP contribution is 2.28. The highest BCUT2D eigenvalue weighted by molar-refractivity contribution is 7.18. The Bertz CT molecular complexity index is 1030. The number of benzene rings is 1. The Labute approximate surface area is 178 Å². The van der Waals surface area contributed by atoms with E-state index in [0.717, 1.165) is 16.9 Å². The molecule has 3 aromatic rings. The molecule has 0 radical (unpaired) electrons. The summed E-state index contributed by atoms with van der Waals surface area (Å²) in [6, 6.07) is 14.3. The summed E-state index contributed by atoms with van der Waals surface area (Å²) in [5, 5.41) is 3.17. The van der Waals surface area contributed by atoms with E-state index in [1.165, 1.54) is 6.26 Å². The highest BCUT2D eigenvalue weighted by Gasteiger charge is 2.21. The second kappa shape index (κ2) is 9.41. The van der Waals surface area contributed by atoms with E-state index in [4.69, 9.17) is 9.15 Å². The minimum Gasteiger partial charge on any atom is -0.459 e. The Balaban J connectivity index is 1.57. The van der Waals surface area contributed by atoms with E-state index in [2.05, 4.69) is 5.32 Å². The number of ether oxygens (including phenoxy) is 1. The number of hydrogen-bond donors (Lipinski definition) is 1. The minimum absolute atomic E-state index is 0.149. The van der Waals surface area contributed by atoms with Crippen LogP contribution in [0.5, 0.6) is 0 Å². The van der Waals surface area contributed by atoms with Crippen LogP contribution in [0.25, 0.3) is 0 Å². The lowest BCUT2D eigenvalue weighted by molar-refractivity contribution is -0.135. The fraction of sp³-hybridized carbons (Fsp3) is 0.227. The predicted molar refractivity (Wildman–Crippen MR) is 114 cm³/mol. The number of carbonyl (C=O) groups is 3. The van der Waals surface area contributed by atoms with Gasteiger partial charge in [-0.1, -0.05) is 30.3 Å². The van der Waals surface area contributed by atoms with Crippen molar-refractivity contribution >= 4 is 34.1 Å². The lowest BCUT2D eigenvalue weighted by Crippen LogP contribution is -2.33. The summed E-state index contributed by atoms with van der Waals surface area (Å²) in [5.74, 6) is -1.15. The average molecular weight is 426 g/mol. The number of rotatable bonds is 7. The summed E-state index contributed by atoms with van der Waals surface area (Å²) < 4.78 is 10.3. The molecule has 0 aliphatic heterocycles. The van der Waals surface area contributed by atoms with Crippen molar-refractivity contribution in [2.45, 2.75) is 19.9 Å². The summed E-state index contributed by atoms with van der Waals surface area (Å²) in [4.78, 5) is 38.8. The van der Waals surface area contributed by atoms with E-state index in [-0.39, 0.29) is 24.3 Å². The second-order valence-electron chi connectivity index (χ2n) is 6.72. The monoisotopic (exact) mass is 426 g/mol. The van der Waals surface area contributed by atoms with E-state index >= 15 is 0 Å². The van der Waals surface area contributed by atoms with Gasteiger partial charge in [0.2, 0.25) is 0 Å². The molecule has 2 amide bonds. The van der Waals surface area contributed by atoms with Crippen molar-refractivity contribution in [1.29, 1.82) is 0 Å². The standard InChI is InChI=1S/C22H22N2O5S/c1-14-12-18(23-21(26)17-10-7-11-28-17)30-20(14)22(27)29-13-19(25)24(3)15(2)16-8-5-4-6-9-16/h4-12,15H,13H2,1-3H3,(H,23,26). The van der Waals surface area contributed by atoms with Gasteiger partial charge in [-0.2, -0.15) is 0 Å². The van der Waals surface area contributed by atoms with Gasteiger partial charge in [-0.3, -0.25) is 9.59 Å². The maximum Gasteiger partial charge on any atom is 0.349 e. The van der Waals surface area contributed by atoms with Crippen molar-refractivity contribution in [3.05, 3.63) is 76.6 Å². The predicted octanol–water partition coefficient (Wildman–Crippen LogP) is 4.28. The molecule has 1 atom stereocenters. The zero-order chi connectivity index (χ0) is 21.7. The van der Waals surface area contributed by atoms with Crippen molar-refractivity contribution in [1.82, 2.24) is 4.90 Å². The number of hydrogen-bond acceptors (Lipinski definition) is 6. The zero-order valence-electron chi connectivity index (χ0n) is 16.9. The van der Waals surface area contributed by atoms with Crippen LogP contribution in [0.3, 0.4) is 0 Å². The molecule has 7 nitrogen and oxygen atoms in total. The van der Waals surface area contributed by atoms with Crippen molar-refractivity contribution in [2.75, 3.05) is 19.0 Å². The third kappa shape index (κ3) is 4.96. The van der Waals surface area contributed by atoms with E-state index in [9.17, 15) is 14.4 Å². The molecule has 0 aliphatic carbocycles. The summed E-state index contributed by atoms with van der Waals surface area (Å²) in [5.41, 5.74) is 1.64. The largest absolute Gasteiger partial charge is 0.459 e. The summed E-state index contributed by atoms with van der Waals surface area (Å²) in [6.07, 6.45) is 1.41. The molecule has 1 unspecified atom stereocenters. The molecule has 0 saturated heterocycles. The Morgan fingerprint density at radius 3 is 2.57 bits per heavy atom. The molecule has 0 fully saturated rings. The third-order valence-corrected chi connectivity index (χ3v) is 5.80. The highest BCUT2D eigenvalue weighted by atomic mass is 32.1. The lowest BCUT2D eigenvalue weighted by atomic mass is 10.1. The molecule has 0 spiro atoms. The van der Waals surface area contributed by atoms with Crippen molar-refractivity contribution < 1.29 is 23.5 Å². The maximum absolute atomic E-state index is 12.4. The quantitative estimate of drug-likeness (QED) is 0.570. The average Bonchev–Trinajstić information content (AvgIpc) is 3.41. The molecule has 2 heterocycles. The van der Waals surface area contributed by atoms with Crippen LogP contribution >= 0.6 is 11.3 Å². The maximum atomic E-state index is 12.4. The van der Waals surface area contributed by atoms with Crippen LogP contribution in [0.2, 0.25) is 0 Å². The number of carbonyl (C=O) groups excluding carboxylic acids is 3. The summed E-state index contributed by atoms with van der Waals surface area (Å²) >= 11 is 1.08. The SMILES string of the molecule is Cc1cc(NC(=O)c2ccco2)sc1C(=O)OCC(=O)N(C)C(C)c1ccccc1. The van der Waals surface area contributed by atoms with Crippen LogP contribution in [-0.2, 0) is 9.53 Å². The second-order valence-corrected chi connectivity index (χ2v) is 7.77. The molecular formula is C22H22N2O5S. The van der Waals surface area contributed by atoms with Gasteiger partial charge in [0, 0.05) is 7.05 Å². The molecule has 0 bridgehead atoms. The Morgan fingerprint density at radius 1 is 1.17 bits per heavy atom. The Hall–Kier alpha value is -3.39. The molecular weight excluding hydrogens is 404 g/mol. The number of furan rings is 1. The van der Waals surface area contributed by atoms with Gasteiger partial charge in [0.15, 0.2) is 12.4 Å². The molecule has 30 heavy (non-hydrogen) atoms. The minimum atomic E-state index is -0.606. The van der Waals surface area contributed by atoms with Gasteiger partial charge in [0.25, 0.3) is 11.8 Å². The zero-order valence-corrected chi connectivity index (χ0v) is 17.7. The van der Waals surface area contributed by atoms with Gasteiger partial charge in [0.1, 0.15) is 4.88 Å². The van der Waals surface area contributed by atoms with Gasteiger partial charge >= 0.3 is 5.97 Å². The first kappa shape index (κ1) is 21.3. The van der Waals surface area contributed by atoms with E-state index < -0.39 is 11.9 Å². The van der Waals surface area contributed by atoms with Gasteiger partial charge in [0.05, 0.1) is 17.3 Å². The molecule has 0 aliphatic rings. The molecule has 3 rings (SSSR count). The number of nitrogens with one attached hydrogen (secondary N) is 1. The lowest BCUT2D eigenvalue weighted by Gasteiger charge is -2.25. The van der Waals surface area contributed by atoms with Crippen LogP contribution in [-0.4, -0.2) is 36.3 Å². The first-order chi connectivity index (χ1) is 14.4. The Morgan fingerprint density at radius 2 is 1.90 bits per heavy atom. The fourth-order valence-electron chi connectivity index (χ4n) is 2.79. The van der Waals surface area contributed by atoms with E-state index in [1.54, 1.807) is 37.1 Å². The first-order valence-corrected chi connectivity index (χ1v) is 10.1. The first-order valence-electron chi connectivity index (χ1n) is 9.30. The van der Waals surface area contributed by atoms with Gasteiger partial charge in [-0.05, 0) is 43.2 Å². The van der Waals surface area contributed by atoms with Crippen LogP contribution in [0.4, 0.5) is 5.00 Å². The normalized spacial score (nSPS) is 11.6.